The van der Waals surface area contributed by atoms with Gasteiger partial charge in [-0.25, -0.2) is 0 Å². The molecule has 27 heavy (non-hydrogen) atoms. The van der Waals surface area contributed by atoms with Crippen LogP contribution in [0.1, 0.15) is 0 Å². The van der Waals surface area contributed by atoms with Crippen molar-refractivity contribution in [2.24, 2.45) is 0 Å². The van der Waals surface area contributed by atoms with Crippen LogP contribution in [-0.2, 0) is 10.9 Å². The van der Waals surface area contributed by atoms with Crippen LogP contribution in [0.25, 0.3) is 0 Å². The molecule has 0 aliphatic carbocycles. The van der Waals surface area contributed by atoms with Gasteiger partial charge in [-0.05, 0) is 60.7 Å². The van der Waals surface area contributed by atoms with E-state index in [-0.39, 0.29) is 18.3 Å². The Morgan fingerprint density at radius 1 is 0.407 bits per heavy atom. The Bertz CT molecular complexity index is 894. The molecule has 0 nitrogen and oxygen atoms in total. The van der Waals surface area contributed by atoms with Crippen LogP contribution in [-0.4, -0.2) is 0 Å². The second-order valence-corrected chi connectivity index (χ2v) is 8.99. The largest absolute Gasteiger partial charge is 0.358 e. The van der Waals surface area contributed by atoms with Gasteiger partial charge >= 0.3 is 0 Å². The summed E-state index contributed by atoms with van der Waals surface area (Å²) in [5.74, 6) is 0. The summed E-state index contributed by atoms with van der Waals surface area (Å²) in [5.41, 5.74) is 0. The van der Waals surface area contributed by atoms with Crippen LogP contribution >= 0.6 is 11.8 Å². The highest BCUT2D eigenvalue weighted by atomic mass is 32.2. The fraction of sp³-hybridized carbons (Fsp3) is 0. The predicted molar refractivity (Wildman–Crippen MR) is 118 cm³/mol. The maximum Gasteiger partial charge on any atom is 0.166 e. The molecule has 0 saturated carbocycles. The van der Waals surface area contributed by atoms with E-state index in [1.54, 1.807) is 11.8 Å². The molecule has 4 aromatic carbocycles. The molecule has 0 atom stereocenters. The molecule has 0 aliphatic heterocycles. The third-order valence-electron chi connectivity index (χ3n) is 4.00. The lowest BCUT2D eigenvalue weighted by molar-refractivity contribution is 1.28. The predicted octanol–water partition coefficient (Wildman–Crippen LogP) is 7.38. The third kappa shape index (κ3) is 4.85. The highest BCUT2D eigenvalue weighted by molar-refractivity contribution is 7.99. The van der Waals surface area contributed by atoms with Gasteiger partial charge < -0.3 is 7.43 Å². The van der Waals surface area contributed by atoms with Crippen LogP contribution < -0.4 is 0 Å². The van der Waals surface area contributed by atoms with E-state index < -0.39 is 0 Å². The molecule has 0 saturated heterocycles. The lowest BCUT2D eigenvalue weighted by atomic mass is 10.3. The van der Waals surface area contributed by atoms with Gasteiger partial charge in [-0.1, -0.05) is 66.4 Å². The Morgan fingerprint density at radius 2 is 0.778 bits per heavy atom. The van der Waals surface area contributed by atoms with E-state index in [0.29, 0.717) is 0 Å². The van der Waals surface area contributed by atoms with E-state index in [0.717, 1.165) is 0 Å². The number of hydrogen-bond acceptors (Lipinski definition) is 1. The maximum absolute atomic E-state index is 2.27. The van der Waals surface area contributed by atoms with Crippen molar-refractivity contribution in [3.05, 3.63) is 123 Å². The van der Waals surface area contributed by atoms with Gasteiger partial charge in [0.25, 0.3) is 0 Å². The highest BCUT2D eigenvalue weighted by Gasteiger charge is 2.27. The molecule has 0 aliphatic rings. The quantitative estimate of drug-likeness (QED) is 0.255. The first kappa shape index (κ1) is 19.3. The van der Waals surface area contributed by atoms with Crippen molar-refractivity contribution < 1.29 is 0 Å². The van der Waals surface area contributed by atoms with Gasteiger partial charge in [0.05, 0.1) is 10.9 Å². The number of rotatable bonds is 5. The molecular weight excluding hydrogens is 364 g/mol. The number of hydrogen-bond donors (Lipinski definition) is 0. The van der Waals surface area contributed by atoms with Gasteiger partial charge in [0.15, 0.2) is 14.7 Å². The van der Waals surface area contributed by atoms with Crippen molar-refractivity contribution in [1.29, 1.82) is 0 Å². The maximum atomic E-state index is 2.27. The molecule has 0 amide bonds. The monoisotopic (exact) mass is 386 g/mol. The standard InChI is InChI=1S/C24H19S2.CH3/c1-4-10-20(11-5-1)25-21-16-18-24(19-17-21)26(22-12-6-2-7-13-22)23-14-8-3-9-15-23;/h1-19H;1H3/q+1;-1. The molecule has 0 fully saturated rings. The lowest BCUT2D eigenvalue weighted by Crippen LogP contribution is -2.04. The molecule has 4 aromatic rings. The zero-order valence-corrected chi connectivity index (χ0v) is 16.9. The van der Waals surface area contributed by atoms with Gasteiger partial charge in [-0.3, -0.25) is 0 Å². The molecule has 0 bridgehead atoms. The molecule has 0 spiro atoms. The molecule has 2 heteroatoms. The fourth-order valence-corrected chi connectivity index (χ4v) is 5.71. The van der Waals surface area contributed by atoms with Crippen molar-refractivity contribution in [2.45, 2.75) is 24.5 Å². The van der Waals surface area contributed by atoms with Gasteiger partial charge in [-0.2, -0.15) is 0 Å². The molecule has 4 rings (SSSR count). The molecule has 134 valence electrons. The average molecular weight is 387 g/mol. The Kier molecular flexibility index (Phi) is 6.80. The van der Waals surface area contributed by atoms with Crippen LogP contribution in [0.5, 0.6) is 0 Å². The first-order valence-electron chi connectivity index (χ1n) is 8.57. The van der Waals surface area contributed by atoms with Gasteiger partial charge in [0, 0.05) is 9.79 Å². The minimum Gasteiger partial charge on any atom is -0.358 e. The summed E-state index contributed by atoms with van der Waals surface area (Å²) in [4.78, 5) is 6.58. The fourth-order valence-electron chi connectivity index (χ4n) is 2.79. The van der Waals surface area contributed by atoms with E-state index >= 15 is 0 Å². The Hall–Kier alpha value is -2.42. The molecule has 0 heterocycles. The summed E-state index contributed by atoms with van der Waals surface area (Å²) in [6.45, 7) is 0. The van der Waals surface area contributed by atoms with E-state index in [1.807, 2.05) is 0 Å². The molecular formula is C25H22S2. The van der Waals surface area contributed by atoms with Crippen molar-refractivity contribution in [1.82, 2.24) is 0 Å². The second kappa shape index (κ2) is 9.50. The summed E-state index contributed by atoms with van der Waals surface area (Å²) in [7, 11) is -0.0786. The minimum absolute atomic E-state index is 0. The lowest BCUT2D eigenvalue weighted by Gasteiger charge is -2.08. The normalized spacial score (nSPS) is 10.4. The smallest absolute Gasteiger partial charge is 0.166 e. The Balaban J connectivity index is 0.00000210. The molecule has 0 radical (unpaired) electrons. The van der Waals surface area contributed by atoms with Crippen molar-refractivity contribution >= 4 is 22.7 Å². The molecule has 0 N–H and O–H groups in total. The summed E-state index contributed by atoms with van der Waals surface area (Å²) < 4.78 is 0. The summed E-state index contributed by atoms with van der Waals surface area (Å²) in [5, 5.41) is 0. The first-order chi connectivity index (χ1) is 12.9. The van der Waals surface area contributed by atoms with Crippen molar-refractivity contribution in [3.63, 3.8) is 0 Å². The average Bonchev–Trinajstić information content (AvgIpc) is 2.72. The number of benzene rings is 4. The van der Waals surface area contributed by atoms with Gasteiger partial charge in [-0.15, -0.1) is 0 Å². The van der Waals surface area contributed by atoms with Crippen LogP contribution in [0.3, 0.4) is 0 Å². The Morgan fingerprint density at radius 3 is 1.26 bits per heavy atom. The second-order valence-electron chi connectivity index (χ2n) is 5.82. The van der Waals surface area contributed by atoms with E-state index in [9.17, 15) is 0 Å². The van der Waals surface area contributed by atoms with Crippen molar-refractivity contribution in [3.8, 4) is 0 Å². The van der Waals surface area contributed by atoms with Crippen LogP contribution in [0.4, 0.5) is 0 Å². The summed E-state index contributed by atoms with van der Waals surface area (Å²) in [6, 6.07) is 41.1. The van der Waals surface area contributed by atoms with Crippen molar-refractivity contribution in [2.75, 3.05) is 0 Å². The Labute approximate surface area is 169 Å². The van der Waals surface area contributed by atoms with E-state index in [2.05, 4.69) is 115 Å². The van der Waals surface area contributed by atoms with E-state index in [4.69, 9.17) is 0 Å². The van der Waals surface area contributed by atoms with Gasteiger partial charge in [0.2, 0.25) is 0 Å². The van der Waals surface area contributed by atoms with Gasteiger partial charge in [0.1, 0.15) is 0 Å². The molecule has 0 aromatic heterocycles. The van der Waals surface area contributed by atoms with Crippen LogP contribution in [0.15, 0.2) is 140 Å². The third-order valence-corrected chi connectivity index (χ3v) is 7.24. The zero-order valence-electron chi connectivity index (χ0n) is 15.3. The zero-order chi connectivity index (χ0) is 17.6. The van der Waals surface area contributed by atoms with E-state index in [1.165, 1.54) is 24.5 Å². The topological polar surface area (TPSA) is 0 Å². The SMILES string of the molecule is [CH3-].c1ccc(Sc2ccc([S+](c3ccccc3)c3ccccc3)cc2)cc1. The molecule has 0 unspecified atom stereocenters. The van der Waals surface area contributed by atoms with Crippen LogP contribution in [0.2, 0.25) is 0 Å². The summed E-state index contributed by atoms with van der Waals surface area (Å²) in [6.07, 6.45) is 0. The van der Waals surface area contributed by atoms with Crippen LogP contribution in [0, 0.1) is 7.43 Å². The highest BCUT2D eigenvalue weighted by Crippen LogP contribution is 2.33. The first-order valence-corrected chi connectivity index (χ1v) is 10.6. The minimum atomic E-state index is -0.0786. The summed E-state index contributed by atoms with van der Waals surface area (Å²) >= 11 is 1.80.